The molecule has 0 spiro atoms. The number of rotatable bonds is 7. The molecule has 2 aromatic carbocycles. The smallest absolute Gasteiger partial charge is 0.241 e. The second-order valence-corrected chi connectivity index (χ2v) is 7.78. The molecule has 6 nitrogen and oxygen atoms in total. The van der Waals surface area contributed by atoms with Gasteiger partial charge in [0, 0.05) is 15.2 Å². The van der Waals surface area contributed by atoms with Gasteiger partial charge in [0.15, 0.2) is 0 Å². The second-order valence-electron chi connectivity index (χ2n) is 6.43. The number of carbonyl (C=O) groups is 2. The maximum absolute atomic E-state index is 12.6. The van der Waals surface area contributed by atoms with Crippen molar-refractivity contribution in [2.24, 2.45) is 0 Å². The van der Waals surface area contributed by atoms with E-state index >= 15 is 0 Å². The maximum Gasteiger partial charge on any atom is 0.241 e. The molecule has 0 bridgehead atoms. The SMILES string of the molecule is COc1ccc(Cl)cc1NC(=O)C(C)N(C)CC(=O)Nc1ccc(Br)cc1C. The summed E-state index contributed by atoms with van der Waals surface area (Å²) in [6.07, 6.45) is 0. The fourth-order valence-electron chi connectivity index (χ4n) is 2.54. The number of carbonyl (C=O) groups excluding carboxylic acids is 2. The summed E-state index contributed by atoms with van der Waals surface area (Å²) in [5.74, 6) is 0.0413. The van der Waals surface area contributed by atoms with Crippen molar-refractivity contribution in [3.8, 4) is 5.75 Å². The van der Waals surface area contributed by atoms with E-state index in [2.05, 4.69) is 26.6 Å². The third-order valence-electron chi connectivity index (χ3n) is 4.32. The van der Waals surface area contributed by atoms with E-state index < -0.39 is 6.04 Å². The van der Waals surface area contributed by atoms with Crippen molar-refractivity contribution in [2.75, 3.05) is 31.3 Å². The highest BCUT2D eigenvalue weighted by molar-refractivity contribution is 9.10. The van der Waals surface area contributed by atoms with Crippen LogP contribution >= 0.6 is 27.5 Å². The van der Waals surface area contributed by atoms with Gasteiger partial charge in [-0.05, 0) is 62.9 Å². The van der Waals surface area contributed by atoms with Crippen molar-refractivity contribution in [3.05, 3.63) is 51.5 Å². The molecule has 0 fully saturated rings. The van der Waals surface area contributed by atoms with Crippen LogP contribution in [0.4, 0.5) is 11.4 Å². The van der Waals surface area contributed by atoms with Gasteiger partial charge < -0.3 is 15.4 Å². The summed E-state index contributed by atoms with van der Waals surface area (Å²) >= 11 is 9.39. The third kappa shape index (κ3) is 5.95. The lowest BCUT2D eigenvalue weighted by Gasteiger charge is -2.24. The molecule has 150 valence electrons. The molecule has 0 aliphatic rings. The van der Waals surface area contributed by atoms with Gasteiger partial charge in [0.25, 0.3) is 0 Å². The van der Waals surface area contributed by atoms with Crippen molar-refractivity contribution in [3.63, 3.8) is 0 Å². The molecule has 28 heavy (non-hydrogen) atoms. The summed E-state index contributed by atoms with van der Waals surface area (Å²) < 4.78 is 6.18. The van der Waals surface area contributed by atoms with Crippen LogP contribution in [0.5, 0.6) is 5.75 Å². The largest absolute Gasteiger partial charge is 0.495 e. The molecule has 0 aromatic heterocycles. The third-order valence-corrected chi connectivity index (χ3v) is 5.04. The number of halogens is 2. The average Bonchev–Trinajstić information content (AvgIpc) is 2.63. The van der Waals surface area contributed by atoms with Crippen molar-refractivity contribution in [1.29, 1.82) is 0 Å². The average molecular weight is 469 g/mol. The van der Waals surface area contributed by atoms with Crippen LogP contribution in [0.3, 0.4) is 0 Å². The number of nitrogens with zero attached hydrogens (tertiary/aromatic N) is 1. The van der Waals surface area contributed by atoms with E-state index in [1.165, 1.54) is 7.11 Å². The Hall–Kier alpha value is -2.09. The summed E-state index contributed by atoms with van der Waals surface area (Å²) in [5.41, 5.74) is 2.17. The summed E-state index contributed by atoms with van der Waals surface area (Å²) in [5, 5.41) is 6.15. The molecular formula is C20H23BrClN3O3. The van der Waals surface area contributed by atoms with Gasteiger partial charge in [-0.25, -0.2) is 0 Å². The summed E-state index contributed by atoms with van der Waals surface area (Å²) in [4.78, 5) is 26.6. The van der Waals surface area contributed by atoms with Crippen LogP contribution < -0.4 is 15.4 Å². The zero-order chi connectivity index (χ0) is 20.8. The van der Waals surface area contributed by atoms with Crippen molar-refractivity contribution >= 4 is 50.7 Å². The van der Waals surface area contributed by atoms with Crippen molar-refractivity contribution < 1.29 is 14.3 Å². The Labute approximate surface area is 178 Å². The van der Waals surface area contributed by atoms with Crippen LogP contribution in [-0.2, 0) is 9.59 Å². The Morgan fingerprint density at radius 1 is 1.18 bits per heavy atom. The summed E-state index contributed by atoms with van der Waals surface area (Å²) in [6.45, 7) is 3.71. The first-order valence-electron chi connectivity index (χ1n) is 8.62. The number of amides is 2. The standard InChI is InChI=1S/C20H23BrClN3O3/c1-12-9-14(21)5-7-16(12)23-19(26)11-25(3)13(2)20(27)24-17-10-15(22)6-8-18(17)28-4/h5-10,13H,11H2,1-4H3,(H,23,26)(H,24,27). The molecule has 2 rings (SSSR count). The number of benzene rings is 2. The van der Waals surface area contributed by atoms with Crippen LogP contribution in [-0.4, -0.2) is 43.5 Å². The van der Waals surface area contributed by atoms with E-state index in [1.807, 2.05) is 25.1 Å². The van der Waals surface area contributed by atoms with E-state index in [0.29, 0.717) is 16.5 Å². The predicted molar refractivity (Wildman–Crippen MR) is 116 cm³/mol. The molecule has 2 N–H and O–H groups in total. The van der Waals surface area contributed by atoms with E-state index in [9.17, 15) is 9.59 Å². The fraction of sp³-hybridized carbons (Fsp3) is 0.300. The van der Waals surface area contributed by atoms with Gasteiger partial charge in [0.1, 0.15) is 5.75 Å². The number of aryl methyl sites for hydroxylation is 1. The van der Waals surface area contributed by atoms with Gasteiger partial charge in [-0.15, -0.1) is 0 Å². The highest BCUT2D eigenvalue weighted by Gasteiger charge is 2.21. The van der Waals surface area contributed by atoms with E-state index in [4.69, 9.17) is 16.3 Å². The Kier molecular flexibility index (Phi) is 7.86. The van der Waals surface area contributed by atoms with Gasteiger partial charge in [0.2, 0.25) is 11.8 Å². The van der Waals surface area contributed by atoms with Gasteiger partial charge in [-0.3, -0.25) is 14.5 Å². The van der Waals surface area contributed by atoms with Gasteiger partial charge in [-0.2, -0.15) is 0 Å². The van der Waals surface area contributed by atoms with Gasteiger partial charge in [-0.1, -0.05) is 27.5 Å². The lowest BCUT2D eigenvalue weighted by molar-refractivity contribution is -0.122. The molecule has 2 aromatic rings. The number of methoxy groups -OCH3 is 1. The molecule has 1 atom stereocenters. The number of nitrogens with one attached hydrogen (secondary N) is 2. The monoisotopic (exact) mass is 467 g/mol. The van der Waals surface area contributed by atoms with Crippen LogP contribution in [0.2, 0.25) is 5.02 Å². The zero-order valence-electron chi connectivity index (χ0n) is 16.2. The Morgan fingerprint density at radius 3 is 2.54 bits per heavy atom. The van der Waals surface area contributed by atoms with Crippen LogP contribution in [0, 0.1) is 6.92 Å². The maximum atomic E-state index is 12.6. The number of ether oxygens (including phenoxy) is 1. The molecule has 0 saturated carbocycles. The van der Waals surface area contributed by atoms with Gasteiger partial charge >= 0.3 is 0 Å². The van der Waals surface area contributed by atoms with Crippen molar-refractivity contribution in [2.45, 2.75) is 19.9 Å². The Morgan fingerprint density at radius 2 is 1.89 bits per heavy atom. The first kappa shape index (κ1) is 22.2. The number of anilines is 2. The molecule has 0 saturated heterocycles. The normalized spacial score (nSPS) is 11.8. The molecule has 1 unspecified atom stereocenters. The zero-order valence-corrected chi connectivity index (χ0v) is 18.5. The highest BCUT2D eigenvalue weighted by atomic mass is 79.9. The number of likely N-dealkylation sites (N-methyl/N-ethyl adjacent to an activating group) is 1. The molecule has 0 radical (unpaired) electrons. The number of hydrogen-bond acceptors (Lipinski definition) is 4. The molecule has 2 amide bonds. The minimum Gasteiger partial charge on any atom is -0.495 e. The predicted octanol–water partition coefficient (Wildman–Crippen LogP) is 4.32. The molecule has 0 aliphatic heterocycles. The van der Waals surface area contributed by atoms with E-state index in [1.54, 1.807) is 37.1 Å². The minimum absolute atomic E-state index is 0.0662. The highest BCUT2D eigenvalue weighted by Crippen LogP contribution is 2.28. The first-order chi connectivity index (χ1) is 13.2. The first-order valence-corrected chi connectivity index (χ1v) is 9.79. The Balaban J connectivity index is 1.97. The van der Waals surface area contributed by atoms with Gasteiger partial charge in [0.05, 0.1) is 25.4 Å². The lowest BCUT2D eigenvalue weighted by atomic mass is 10.2. The quantitative estimate of drug-likeness (QED) is 0.635. The van der Waals surface area contributed by atoms with Crippen LogP contribution in [0.25, 0.3) is 0 Å². The van der Waals surface area contributed by atoms with E-state index in [0.717, 1.165) is 15.7 Å². The van der Waals surface area contributed by atoms with Crippen molar-refractivity contribution in [1.82, 2.24) is 4.90 Å². The Bertz CT molecular complexity index is 876. The minimum atomic E-state index is -0.541. The van der Waals surface area contributed by atoms with Crippen LogP contribution in [0.15, 0.2) is 40.9 Å². The summed E-state index contributed by atoms with van der Waals surface area (Å²) in [7, 11) is 3.23. The fourth-order valence-corrected chi connectivity index (χ4v) is 3.18. The molecule has 8 heteroatoms. The summed E-state index contributed by atoms with van der Waals surface area (Å²) in [6, 6.07) is 10.1. The van der Waals surface area contributed by atoms with E-state index in [-0.39, 0.29) is 18.4 Å². The molecule has 0 heterocycles. The molecular weight excluding hydrogens is 446 g/mol. The topological polar surface area (TPSA) is 70.7 Å². The second kappa shape index (κ2) is 9.91. The lowest BCUT2D eigenvalue weighted by Crippen LogP contribution is -2.43. The number of hydrogen-bond donors (Lipinski definition) is 2. The molecule has 0 aliphatic carbocycles. The van der Waals surface area contributed by atoms with Crippen LogP contribution in [0.1, 0.15) is 12.5 Å².